The third-order valence-electron chi connectivity index (χ3n) is 1.70. The van der Waals surface area contributed by atoms with Gasteiger partial charge in [-0.1, -0.05) is 11.6 Å². The first kappa shape index (κ1) is 11.7. The van der Waals surface area contributed by atoms with Crippen molar-refractivity contribution in [2.75, 3.05) is 4.72 Å². The van der Waals surface area contributed by atoms with Gasteiger partial charge in [0.05, 0.1) is 10.6 Å². The molecule has 0 bridgehead atoms. The molecule has 0 aromatic heterocycles. The second kappa shape index (κ2) is 4.45. The van der Waals surface area contributed by atoms with Crippen molar-refractivity contribution in [1.82, 2.24) is 0 Å². The normalized spacial score (nSPS) is 10.3. The lowest BCUT2D eigenvalue weighted by atomic mass is 10.2. The number of nitro benzene ring substituents is 1. The number of nitrogens with zero attached hydrogens (tertiary/aromatic N) is 1. The van der Waals surface area contributed by atoms with Crippen molar-refractivity contribution in [3.05, 3.63) is 32.8 Å². The number of nitro groups is 1. The van der Waals surface area contributed by atoms with E-state index in [1.807, 2.05) is 0 Å². The van der Waals surface area contributed by atoms with Gasteiger partial charge in [-0.2, -0.15) is 0 Å². The molecule has 1 rings (SSSR count). The molecule has 0 atom stereocenters. The molecule has 0 radical (unpaired) electrons. The lowest BCUT2D eigenvalue weighted by Gasteiger charge is -2.04. The van der Waals surface area contributed by atoms with E-state index in [2.05, 4.69) is 4.72 Å². The molecule has 0 saturated carbocycles. The Bertz CT molecular complexity index is 478. The molecular weight excluding hydrogens is 244 g/mol. The quantitative estimate of drug-likeness (QED) is 0.483. The number of nitrogens with one attached hydrogen (secondary N) is 1. The van der Waals surface area contributed by atoms with Gasteiger partial charge in [-0.25, -0.2) is 8.42 Å². The fraction of sp³-hybridized carbons (Fsp3) is 0.143. The number of hydrogen-bond acceptors (Lipinski definition) is 4. The van der Waals surface area contributed by atoms with Crippen molar-refractivity contribution < 1.29 is 13.3 Å². The molecule has 0 fully saturated rings. The Hall–Kier alpha value is -1.34. The highest BCUT2D eigenvalue weighted by molar-refractivity contribution is 7.73. The summed E-state index contributed by atoms with van der Waals surface area (Å²) in [5.74, 6) is 0. The van der Waals surface area contributed by atoms with E-state index in [1.165, 1.54) is 12.1 Å². The van der Waals surface area contributed by atoms with E-state index in [-0.39, 0.29) is 16.4 Å². The van der Waals surface area contributed by atoms with E-state index in [1.54, 1.807) is 6.92 Å². The van der Waals surface area contributed by atoms with E-state index in [0.29, 0.717) is 5.56 Å². The van der Waals surface area contributed by atoms with Gasteiger partial charge in [-0.15, -0.1) is 0 Å². The fourth-order valence-corrected chi connectivity index (χ4v) is 1.70. The highest BCUT2D eigenvalue weighted by Gasteiger charge is 2.14. The maximum absolute atomic E-state index is 10.5. The van der Waals surface area contributed by atoms with Crippen molar-refractivity contribution in [1.29, 1.82) is 0 Å². The zero-order valence-electron chi connectivity index (χ0n) is 7.56. The number of aryl methyl sites for hydroxylation is 1. The summed E-state index contributed by atoms with van der Waals surface area (Å²) >= 11 is 5.60. The third-order valence-corrected chi connectivity index (χ3v) is 2.43. The fourth-order valence-electron chi connectivity index (χ4n) is 1.02. The summed E-state index contributed by atoms with van der Waals surface area (Å²) in [5.41, 5.74) is 0.424. The van der Waals surface area contributed by atoms with Crippen LogP contribution in [0.1, 0.15) is 5.56 Å². The molecule has 0 aliphatic rings. The average Bonchev–Trinajstić information content (AvgIpc) is 2.09. The molecule has 0 aliphatic heterocycles. The van der Waals surface area contributed by atoms with Gasteiger partial charge in [0, 0.05) is 6.07 Å². The molecule has 1 N–H and O–H groups in total. The van der Waals surface area contributed by atoms with Gasteiger partial charge in [0.15, 0.2) is 0 Å². The highest BCUT2D eigenvalue weighted by atomic mass is 35.5. The van der Waals surface area contributed by atoms with Crippen molar-refractivity contribution in [2.45, 2.75) is 6.92 Å². The van der Waals surface area contributed by atoms with Crippen molar-refractivity contribution in [3.8, 4) is 0 Å². The van der Waals surface area contributed by atoms with Gasteiger partial charge in [0.25, 0.3) is 5.69 Å². The average molecular weight is 251 g/mol. The minimum Gasteiger partial charge on any atom is -0.285 e. The Balaban J connectivity index is 3.25. The Kier molecular flexibility index (Phi) is 3.48. The SMILES string of the molecule is Cc1cc([N+](=O)[O-])c(Cl)cc1N[SH](=O)=O. The lowest BCUT2D eigenvalue weighted by Crippen LogP contribution is -1.99. The lowest BCUT2D eigenvalue weighted by molar-refractivity contribution is -0.384. The van der Waals surface area contributed by atoms with Crippen molar-refractivity contribution in [3.63, 3.8) is 0 Å². The predicted octanol–water partition coefficient (Wildman–Crippen LogP) is 1.49. The minimum absolute atomic E-state index is 0.107. The molecular formula is C7H7ClN2O4S. The van der Waals surface area contributed by atoms with Crippen LogP contribution in [-0.2, 0) is 10.9 Å². The van der Waals surface area contributed by atoms with Crippen molar-refractivity contribution in [2.24, 2.45) is 0 Å². The van der Waals surface area contributed by atoms with Crippen molar-refractivity contribution >= 4 is 33.9 Å². The molecule has 8 heteroatoms. The second-order valence-electron chi connectivity index (χ2n) is 2.74. The minimum atomic E-state index is -2.81. The van der Waals surface area contributed by atoms with Crippen LogP contribution in [0.2, 0.25) is 5.02 Å². The first-order valence-electron chi connectivity index (χ1n) is 3.77. The van der Waals surface area contributed by atoms with E-state index in [0.717, 1.165) is 0 Å². The highest BCUT2D eigenvalue weighted by Crippen LogP contribution is 2.30. The van der Waals surface area contributed by atoms with Crippen LogP contribution in [0.5, 0.6) is 0 Å². The van der Waals surface area contributed by atoms with Gasteiger partial charge < -0.3 is 0 Å². The van der Waals surface area contributed by atoms with Crippen LogP contribution in [-0.4, -0.2) is 13.3 Å². The Morgan fingerprint density at radius 3 is 2.53 bits per heavy atom. The zero-order valence-corrected chi connectivity index (χ0v) is 9.21. The monoisotopic (exact) mass is 250 g/mol. The number of thiol groups is 1. The molecule has 1 aromatic rings. The molecule has 1 aromatic carbocycles. The number of halogens is 1. The molecule has 0 unspecified atom stereocenters. The van der Waals surface area contributed by atoms with Crippen LogP contribution < -0.4 is 4.72 Å². The number of rotatable bonds is 3. The van der Waals surface area contributed by atoms with Crippen LogP contribution in [0.15, 0.2) is 12.1 Å². The summed E-state index contributed by atoms with van der Waals surface area (Å²) in [5, 5.41) is 10.4. The van der Waals surface area contributed by atoms with E-state index in [9.17, 15) is 18.5 Å². The van der Waals surface area contributed by atoms with E-state index < -0.39 is 15.8 Å². The van der Waals surface area contributed by atoms with E-state index >= 15 is 0 Å². The first-order valence-corrected chi connectivity index (χ1v) is 5.33. The summed E-state index contributed by atoms with van der Waals surface area (Å²) in [4.78, 5) is 9.86. The standard InChI is InChI=1S/C7H7ClN2O4S/c1-4-2-7(10(11)12)5(8)3-6(4)9-15(13)14/h2-3,15H,1H3,(H,9,13,14). The molecule has 82 valence electrons. The maximum Gasteiger partial charge on any atom is 0.288 e. The molecule has 0 saturated heterocycles. The topological polar surface area (TPSA) is 89.3 Å². The first-order chi connectivity index (χ1) is 6.91. The second-order valence-corrected chi connectivity index (χ2v) is 3.89. The number of anilines is 1. The summed E-state index contributed by atoms with van der Waals surface area (Å²) in [6, 6.07) is 2.42. The Labute approximate surface area is 92.1 Å². The molecule has 0 heterocycles. The summed E-state index contributed by atoms with van der Waals surface area (Å²) in [6.45, 7) is 1.55. The summed E-state index contributed by atoms with van der Waals surface area (Å²) in [7, 11) is -2.81. The van der Waals surface area contributed by atoms with Crippen LogP contribution in [0.4, 0.5) is 11.4 Å². The smallest absolute Gasteiger partial charge is 0.285 e. The van der Waals surface area contributed by atoms with Gasteiger partial charge in [0.1, 0.15) is 5.02 Å². The zero-order chi connectivity index (χ0) is 11.6. The largest absolute Gasteiger partial charge is 0.288 e. The molecule has 15 heavy (non-hydrogen) atoms. The molecule has 0 spiro atoms. The molecule has 0 aliphatic carbocycles. The summed E-state index contributed by atoms with van der Waals surface area (Å²) < 4.78 is 22.9. The van der Waals surface area contributed by atoms with Gasteiger partial charge >= 0.3 is 0 Å². The van der Waals surface area contributed by atoms with Gasteiger partial charge in [-0.3, -0.25) is 14.8 Å². The summed E-state index contributed by atoms with van der Waals surface area (Å²) in [6.07, 6.45) is 0. The third kappa shape index (κ3) is 2.80. The Morgan fingerprint density at radius 1 is 1.47 bits per heavy atom. The van der Waals surface area contributed by atoms with Crippen LogP contribution in [0.3, 0.4) is 0 Å². The predicted molar refractivity (Wildman–Crippen MR) is 56.8 cm³/mol. The molecule has 6 nitrogen and oxygen atoms in total. The van der Waals surface area contributed by atoms with Crippen LogP contribution in [0, 0.1) is 17.0 Å². The number of hydrogen-bond donors (Lipinski definition) is 2. The molecule has 0 amide bonds. The maximum atomic E-state index is 10.5. The van der Waals surface area contributed by atoms with Gasteiger partial charge in [0.2, 0.25) is 10.9 Å². The van der Waals surface area contributed by atoms with Crippen LogP contribution >= 0.6 is 11.6 Å². The van der Waals surface area contributed by atoms with E-state index in [4.69, 9.17) is 11.6 Å². The number of benzene rings is 1. The Morgan fingerprint density at radius 2 is 2.07 bits per heavy atom. The van der Waals surface area contributed by atoms with Gasteiger partial charge in [-0.05, 0) is 18.6 Å². The van der Waals surface area contributed by atoms with Crippen LogP contribution in [0.25, 0.3) is 0 Å².